The van der Waals surface area contributed by atoms with E-state index in [1.165, 1.54) is 0 Å². The first kappa shape index (κ1) is 18.0. The van der Waals surface area contributed by atoms with Gasteiger partial charge < -0.3 is 15.1 Å². The molecule has 5 nitrogen and oxygen atoms in total. The van der Waals surface area contributed by atoms with E-state index in [9.17, 15) is 9.59 Å². The Morgan fingerprint density at radius 3 is 2.62 bits per heavy atom. The summed E-state index contributed by atoms with van der Waals surface area (Å²) in [5, 5.41) is 2.99. The van der Waals surface area contributed by atoms with Crippen molar-refractivity contribution in [3.05, 3.63) is 48.0 Å². The van der Waals surface area contributed by atoms with Crippen LogP contribution < -0.4 is 5.32 Å². The zero-order chi connectivity index (χ0) is 17.7. The Morgan fingerprint density at radius 2 is 2.04 bits per heavy atom. The average Bonchev–Trinajstić information content (AvgIpc) is 2.85. The van der Waals surface area contributed by atoms with E-state index in [-0.39, 0.29) is 23.9 Å². The van der Waals surface area contributed by atoms with E-state index in [2.05, 4.69) is 11.9 Å². The maximum absolute atomic E-state index is 12.3. The van der Waals surface area contributed by atoms with Crippen LogP contribution in [0.3, 0.4) is 0 Å². The molecule has 1 aromatic carbocycles. The predicted octanol–water partition coefficient (Wildman–Crippen LogP) is 2.81. The van der Waals surface area contributed by atoms with Gasteiger partial charge >= 0.3 is 6.03 Å². The normalized spacial score (nSPS) is 20.1. The lowest BCUT2D eigenvalue weighted by molar-refractivity contribution is -0.127. The Hall–Kier alpha value is -2.30. The van der Waals surface area contributed by atoms with Gasteiger partial charge in [0.2, 0.25) is 5.91 Å². The van der Waals surface area contributed by atoms with Crippen molar-refractivity contribution in [1.82, 2.24) is 15.1 Å². The summed E-state index contributed by atoms with van der Waals surface area (Å²) < 4.78 is 0. The van der Waals surface area contributed by atoms with Crippen LogP contribution in [0.25, 0.3) is 0 Å². The van der Waals surface area contributed by atoms with E-state index in [0.717, 1.165) is 11.1 Å². The van der Waals surface area contributed by atoms with Gasteiger partial charge in [0.1, 0.15) is 0 Å². The molecule has 1 aromatic rings. The van der Waals surface area contributed by atoms with Crippen LogP contribution in [0.1, 0.15) is 31.9 Å². The Kier molecular flexibility index (Phi) is 6.01. The monoisotopic (exact) mass is 329 g/mol. The fourth-order valence-corrected chi connectivity index (χ4v) is 3.26. The lowest BCUT2D eigenvalue weighted by Gasteiger charge is -2.27. The number of rotatable bonds is 6. The fraction of sp³-hybridized carbons (Fsp3) is 0.474. The number of likely N-dealkylation sites (N-methyl/N-ethyl adjacent to an activating group) is 1. The first-order valence-electron chi connectivity index (χ1n) is 8.41. The zero-order valence-corrected chi connectivity index (χ0v) is 14.8. The molecular weight excluding hydrogens is 302 g/mol. The minimum absolute atomic E-state index is 0.00946. The molecule has 1 N–H and O–H groups in total. The summed E-state index contributed by atoms with van der Waals surface area (Å²) in [6, 6.07) is 9.90. The molecule has 1 fully saturated rings. The zero-order valence-electron chi connectivity index (χ0n) is 14.8. The minimum atomic E-state index is -0.102. The molecule has 1 heterocycles. The van der Waals surface area contributed by atoms with Crippen LogP contribution >= 0.6 is 0 Å². The average molecular weight is 329 g/mol. The van der Waals surface area contributed by atoms with Crippen LogP contribution in [-0.2, 0) is 4.79 Å². The van der Waals surface area contributed by atoms with Crippen molar-refractivity contribution >= 4 is 11.9 Å². The second-order valence-electron chi connectivity index (χ2n) is 6.48. The first-order valence-corrected chi connectivity index (χ1v) is 8.41. The van der Waals surface area contributed by atoms with Crippen molar-refractivity contribution in [1.29, 1.82) is 0 Å². The van der Waals surface area contributed by atoms with Crippen molar-refractivity contribution < 1.29 is 9.59 Å². The van der Waals surface area contributed by atoms with Crippen molar-refractivity contribution in [2.75, 3.05) is 26.7 Å². The predicted molar refractivity (Wildman–Crippen MR) is 95.5 cm³/mol. The van der Waals surface area contributed by atoms with Crippen molar-refractivity contribution in [3.8, 4) is 0 Å². The number of benzene rings is 1. The van der Waals surface area contributed by atoms with Crippen LogP contribution in [0, 0.1) is 5.92 Å². The van der Waals surface area contributed by atoms with Gasteiger partial charge in [-0.1, -0.05) is 42.5 Å². The molecule has 130 valence electrons. The summed E-state index contributed by atoms with van der Waals surface area (Å²) >= 11 is 0. The summed E-state index contributed by atoms with van der Waals surface area (Å²) in [5.74, 6) is 0.203. The number of amides is 3. The molecule has 5 heteroatoms. The van der Waals surface area contributed by atoms with Gasteiger partial charge in [-0.25, -0.2) is 4.79 Å². The molecule has 2 atom stereocenters. The smallest absolute Gasteiger partial charge is 0.317 e. The highest BCUT2D eigenvalue weighted by Crippen LogP contribution is 2.36. The largest absolute Gasteiger partial charge is 0.338 e. The van der Waals surface area contributed by atoms with Gasteiger partial charge in [-0.3, -0.25) is 4.79 Å². The number of hydrogen-bond donors (Lipinski definition) is 1. The van der Waals surface area contributed by atoms with Crippen molar-refractivity contribution in [2.45, 2.75) is 26.3 Å². The van der Waals surface area contributed by atoms with Crippen LogP contribution in [0.2, 0.25) is 0 Å². The summed E-state index contributed by atoms with van der Waals surface area (Å²) in [7, 11) is 1.83. The van der Waals surface area contributed by atoms with Crippen LogP contribution in [0.5, 0.6) is 0 Å². The van der Waals surface area contributed by atoms with Gasteiger partial charge in [-0.05, 0) is 19.4 Å². The lowest BCUT2D eigenvalue weighted by Crippen LogP contribution is -2.43. The van der Waals surface area contributed by atoms with E-state index < -0.39 is 0 Å². The van der Waals surface area contributed by atoms with E-state index in [1.54, 1.807) is 9.80 Å². The Bertz CT molecular complexity index is 600. The number of urea groups is 1. The second kappa shape index (κ2) is 7.99. The summed E-state index contributed by atoms with van der Waals surface area (Å²) in [4.78, 5) is 28.0. The highest BCUT2D eigenvalue weighted by molar-refractivity contribution is 5.80. The molecule has 24 heavy (non-hydrogen) atoms. The Labute approximate surface area is 144 Å². The number of nitrogens with one attached hydrogen (secondary N) is 1. The molecule has 0 aromatic heterocycles. The molecular formula is C19H27N3O2. The Morgan fingerprint density at radius 1 is 1.38 bits per heavy atom. The van der Waals surface area contributed by atoms with E-state index in [1.807, 2.05) is 51.2 Å². The van der Waals surface area contributed by atoms with Crippen LogP contribution in [-0.4, -0.2) is 48.4 Å². The van der Waals surface area contributed by atoms with Gasteiger partial charge in [0.25, 0.3) is 0 Å². The van der Waals surface area contributed by atoms with E-state index >= 15 is 0 Å². The Balaban J connectivity index is 2.03. The van der Waals surface area contributed by atoms with Gasteiger partial charge in [0.15, 0.2) is 0 Å². The quantitative estimate of drug-likeness (QED) is 0.816. The summed E-state index contributed by atoms with van der Waals surface area (Å²) in [6.45, 7) is 9.38. The van der Waals surface area contributed by atoms with E-state index in [4.69, 9.17) is 0 Å². The SMILES string of the molecule is C=C(C)CN(CC)C(=O)NC[C@H]1CC(=O)N(C)[C@@H]1c1ccccc1. The number of likely N-dealkylation sites (tertiary alicyclic amines) is 1. The van der Waals surface area contributed by atoms with Gasteiger partial charge in [0.05, 0.1) is 6.04 Å². The molecule has 0 saturated carbocycles. The first-order chi connectivity index (χ1) is 11.4. The molecule has 0 unspecified atom stereocenters. The maximum Gasteiger partial charge on any atom is 0.317 e. The molecule has 2 rings (SSSR count). The number of nitrogens with zero attached hydrogens (tertiary/aromatic N) is 2. The molecule has 0 radical (unpaired) electrons. The standard InChI is InChI=1S/C19H27N3O2/c1-5-22(13-14(2)3)19(24)20-12-16-11-17(23)21(4)18(16)15-9-7-6-8-10-15/h6-10,16,18H,2,5,11-13H2,1,3-4H3,(H,20,24)/t16-,18-/m1/s1. The van der Waals surface area contributed by atoms with E-state index in [0.29, 0.717) is 26.1 Å². The second-order valence-corrected chi connectivity index (χ2v) is 6.48. The third-order valence-electron chi connectivity index (χ3n) is 4.48. The topological polar surface area (TPSA) is 52.7 Å². The third kappa shape index (κ3) is 4.16. The van der Waals surface area contributed by atoms with Gasteiger partial charge in [-0.2, -0.15) is 0 Å². The molecule has 0 spiro atoms. The minimum Gasteiger partial charge on any atom is -0.338 e. The van der Waals surface area contributed by atoms with Crippen molar-refractivity contribution in [3.63, 3.8) is 0 Å². The maximum atomic E-state index is 12.3. The third-order valence-corrected chi connectivity index (χ3v) is 4.48. The molecule has 0 bridgehead atoms. The van der Waals surface area contributed by atoms with Crippen LogP contribution in [0.4, 0.5) is 4.79 Å². The summed E-state index contributed by atoms with van der Waals surface area (Å²) in [6.07, 6.45) is 0.461. The van der Waals surface area contributed by atoms with Gasteiger partial charge in [-0.15, -0.1) is 0 Å². The number of hydrogen-bond acceptors (Lipinski definition) is 2. The number of carbonyl (C=O) groups is 2. The molecule has 1 aliphatic heterocycles. The molecule has 1 aliphatic rings. The molecule has 3 amide bonds. The fourth-order valence-electron chi connectivity index (χ4n) is 3.26. The highest BCUT2D eigenvalue weighted by atomic mass is 16.2. The lowest BCUT2D eigenvalue weighted by atomic mass is 9.94. The summed E-state index contributed by atoms with van der Waals surface area (Å²) in [5.41, 5.74) is 2.06. The van der Waals surface area contributed by atoms with Crippen LogP contribution in [0.15, 0.2) is 42.5 Å². The number of carbonyl (C=O) groups excluding carboxylic acids is 2. The highest BCUT2D eigenvalue weighted by Gasteiger charge is 2.38. The van der Waals surface area contributed by atoms with Gasteiger partial charge in [0, 0.05) is 39.0 Å². The molecule has 0 aliphatic carbocycles. The molecule has 1 saturated heterocycles. The van der Waals surface area contributed by atoms with Crippen molar-refractivity contribution in [2.24, 2.45) is 5.92 Å².